The second kappa shape index (κ2) is 6.13. The topological polar surface area (TPSA) is 86.3 Å². The van der Waals surface area contributed by atoms with E-state index in [9.17, 15) is 9.59 Å². The number of esters is 1. The molecule has 0 aliphatic carbocycles. The fourth-order valence-corrected chi connectivity index (χ4v) is 2.02. The fourth-order valence-electron chi connectivity index (χ4n) is 2.02. The molecule has 6 heteroatoms. The Bertz CT molecular complexity index is 677. The van der Waals surface area contributed by atoms with Crippen molar-refractivity contribution in [3.05, 3.63) is 47.8 Å². The zero-order valence-corrected chi connectivity index (χ0v) is 11.9. The quantitative estimate of drug-likeness (QED) is 0.840. The number of nitrogens with zero attached hydrogens (tertiary/aromatic N) is 1. The Morgan fingerprint density at radius 2 is 2.10 bits per heavy atom. The number of carbonyl (C=O) groups excluding carboxylic acids is 2. The highest BCUT2D eigenvalue weighted by molar-refractivity contribution is 5.93. The number of aryl methyl sites for hydroxylation is 1. The molecule has 0 fully saturated rings. The number of ether oxygens (including phenoxy) is 1. The summed E-state index contributed by atoms with van der Waals surface area (Å²) < 4.78 is 6.12. The number of benzene rings is 1. The van der Waals surface area contributed by atoms with Crippen LogP contribution >= 0.6 is 0 Å². The van der Waals surface area contributed by atoms with Crippen molar-refractivity contribution in [3.8, 4) is 0 Å². The van der Waals surface area contributed by atoms with Crippen molar-refractivity contribution in [3.63, 3.8) is 0 Å². The van der Waals surface area contributed by atoms with Crippen LogP contribution < -0.4 is 11.1 Å². The molecular formula is C15H17N3O3. The van der Waals surface area contributed by atoms with Crippen LogP contribution in [-0.2, 0) is 16.1 Å². The molecule has 0 radical (unpaired) electrons. The monoisotopic (exact) mass is 287 g/mol. The summed E-state index contributed by atoms with van der Waals surface area (Å²) in [5.74, 6) is -0.781. The van der Waals surface area contributed by atoms with Crippen LogP contribution in [0.3, 0.4) is 0 Å². The Kier molecular flexibility index (Phi) is 4.27. The van der Waals surface area contributed by atoms with Crippen LogP contribution in [0.2, 0.25) is 0 Å². The van der Waals surface area contributed by atoms with Gasteiger partial charge in [0.2, 0.25) is 5.91 Å². The normalized spacial score (nSPS) is 10.2. The lowest BCUT2D eigenvalue weighted by molar-refractivity contribution is -0.116. The predicted molar refractivity (Wildman–Crippen MR) is 80.0 cm³/mol. The van der Waals surface area contributed by atoms with E-state index in [2.05, 4.69) is 10.1 Å². The number of carbonyl (C=O) groups is 2. The molecule has 0 saturated carbocycles. The third-order valence-electron chi connectivity index (χ3n) is 2.93. The van der Waals surface area contributed by atoms with Gasteiger partial charge in [0, 0.05) is 11.9 Å². The van der Waals surface area contributed by atoms with Crippen LogP contribution in [0.25, 0.3) is 0 Å². The van der Waals surface area contributed by atoms with Crippen molar-refractivity contribution in [2.45, 2.75) is 13.5 Å². The maximum atomic E-state index is 12.0. The van der Waals surface area contributed by atoms with Gasteiger partial charge >= 0.3 is 5.97 Å². The zero-order valence-electron chi connectivity index (χ0n) is 11.9. The molecule has 0 saturated heterocycles. The number of nitrogen functional groups attached to an aromatic ring is 1. The largest absolute Gasteiger partial charge is 0.464 e. The molecule has 1 aromatic heterocycles. The van der Waals surface area contributed by atoms with E-state index in [1.165, 1.54) is 23.9 Å². The van der Waals surface area contributed by atoms with Crippen molar-refractivity contribution < 1.29 is 14.3 Å². The van der Waals surface area contributed by atoms with E-state index >= 15 is 0 Å². The molecule has 0 spiro atoms. The number of aromatic nitrogens is 1. The first kappa shape index (κ1) is 14.6. The predicted octanol–water partition coefficient (Wildman–Crippen LogP) is 1.80. The second-order valence-electron chi connectivity index (χ2n) is 4.70. The molecule has 3 N–H and O–H groups in total. The van der Waals surface area contributed by atoms with Crippen LogP contribution in [-0.4, -0.2) is 23.6 Å². The summed E-state index contributed by atoms with van der Waals surface area (Å²) in [6.07, 6.45) is 1.53. The Morgan fingerprint density at radius 3 is 2.76 bits per heavy atom. The summed E-state index contributed by atoms with van der Waals surface area (Å²) in [6, 6.07) is 8.95. The molecule has 110 valence electrons. The molecule has 21 heavy (non-hydrogen) atoms. The van der Waals surface area contributed by atoms with E-state index in [0.717, 1.165) is 5.56 Å². The number of nitrogens with one attached hydrogen (secondary N) is 1. The Morgan fingerprint density at radius 1 is 1.33 bits per heavy atom. The molecule has 0 atom stereocenters. The highest BCUT2D eigenvalue weighted by Crippen LogP contribution is 2.13. The van der Waals surface area contributed by atoms with Crippen LogP contribution in [0.4, 0.5) is 11.4 Å². The molecule has 6 nitrogen and oxygen atoms in total. The third kappa shape index (κ3) is 3.62. The van der Waals surface area contributed by atoms with Gasteiger partial charge in [-0.2, -0.15) is 0 Å². The molecule has 2 aromatic rings. The lowest BCUT2D eigenvalue weighted by atomic mass is 10.2. The smallest absolute Gasteiger partial charge is 0.354 e. The maximum absolute atomic E-state index is 12.0. The van der Waals surface area contributed by atoms with E-state index in [1.807, 2.05) is 25.1 Å². The number of anilines is 2. The third-order valence-corrected chi connectivity index (χ3v) is 2.93. The highest BCUT2D eigenvalue weighted by Gasteiger charge is 2.15. The first-order valence-corrected chi connectivity index (χ1v) is 6.40. The van der Waals surface area contributed by atoms with Crippen LogP contribution in [0.15, 0.2) is 36.5 Å². The van der Waals surface area contributed by atoms with Gasteiger partial charge in [-0.1, -0.05) is 12.1 Å². The number of hydrogen-bond acceptors (Lipinski definition) is 4. The first-order valence-electron chi connectivity index (χ1n) is 6.40. The molecule has 0 aliphatic rings. The SMILES string of the molecule is COC(=O)c1cc(N)cn1CC(=O)Nc1cccc(C)c1. The minimum Gasteiger partial charge on any atom is -0.464 e. The van der Waals surface area contributed by atoms with E-state index in [-0.39, 0.29) is 18.1 Å². The summed E-state index contributed by atoms with van der Waals surface area (Å²) in [6.45, 7) is 1.92. The van der Waals surface area contributed by atoms with Crippen LogP contribution in [0.5, 0.6) is 0 Å². The van der Waals surface area contributed by atoms with Gasteiger partial charge in [0.25, 0.3) is 0 Å². The first-order chi connectivity index (χ1) is 9.99. The molecule has 0 aliphatic heterocycles. The van der Waals surface area contributed by atoms with Gasteiger partial charge in [-0.3, -0.25) is 4.79 Å². The number of hydrogen-bond donors (Lipinski definition) is 2. The van der Waals surface area contributed by atoms with Gasteiger partial charge < -0.3 is 20.4 Å². The number of rotatable bonds is 4. The maximum Gasteiger partial charge on any atom is 0.354 e. The van der Waals surface area contributed by atoms with Crippen LogP contribution in [0.1, 0.15) is 16.1 Å². The summed E-state index contributed by atoms with van der Waals surface area (Å²) in [5.41, 5.74) is 8.06. The molecule has 0 bridgehead atoms. The summed E-state index contributed by atoms with van der Waals surface area (Å²) in [4.78, 5) is 23.6. The Balaban J connectivity index is 2.11. The molecule has 0 unspecified atom stereocenters. The average molecular weight is 287 g/mol. The standard InChI is InChI=1S/C15H17N3O3/c1-10-4-3-5-12(6-10)17-14(19)9-18-8-11(16)7-13(18)15(20)21-2/h3-8H,9,16H2,1-2H3,(H,17,19). The fraction of sp³-hybridized carbons (Fsp3) is 0.200. The van der Waals surface area contributed by atoms with Crippen LogP contribution in [0, 0.1) is 6.92 Å². The van der Waals surface area contributed by atoms with Crippen molar-refractivity contribution in [1.82, 2.24) is 4.57 Å². The summed E-state index contributed by atoms with van der Waals surface area (Å²) in [7, 11) is 1.28. The lowest BCUT2D eigenvalue weighted by Crippen LogP contribution is -2.21. The van der Waals surface area contributed by atoms with Gasteiger partial charge in [0.05, 0.1) is 12.8 Å². The molecular weight excluding hydrogens is 270 g/mol. The van der Waals surface area contributed by atoms with Crippen molar-refractivity contribution >= 4 is 23.3 Å². The van der Waals surface area contributed by atoms with Gasteiger partial charge in [-0.25, -0.2) is 4.79 Å². The number of methoxy groups -OCH3 is 1. The van der Waals surface area contributed by atoms with Gasteiger partial charge in [-0.05, 0) is 30.7 Å². The molecule has 2 rings (SSSR count). The van der Waals surface area contributed by atoms with Crippen molar-refractivity contribution in [2.24, 2.45) is 0 Å². The van der Waals surface area contributed by atoms with E-state index < -0.39 is 5.97 Å². The molecule has 1 amide bonds. The minimum atomic E-state index is -0.532. The van der Waals surface area contributed by atoms with E-state index in [0.29, 0.717) is 11.4 Å². The Labute approximate surface area is 122 Å². The number of amides is 1. The second-order valence-corrected chi connectivity index (χ2v) is 4.70. The molecule has 1 aromatic carbocycles. The zero-order chi connectivity index (χ0) is 15.4. The van der Waals surface area contributed by atoms with Gasteiger partial charge in [0.1, 0.15) is 12.2 Å². The van der Waals surface area contributed by atoms with E-state index in [4.69, 9.17) is 5.73 Å². The van der Waals surface area contributed by atoms with Gasteiger partial charge in [-0.15, -0.1) is 0 Å². The van der Waals surface area contributed by atoms with E-state index in [1.54, 1.807) is 6.07 Å². The average Bonchev–Trinajstić information content (AvgIpc) is 2.78. The van der Waals surface area contributed by atoms with Crippen molar-refractivity contribution in [1.29, 1.82) is 0 Å². The minimum absolute atomic E-state index is 0.0183. The highest BCUT2D eigenvalue weighted by atomic mass is 16.5. The van der Waals surface area contributed by atoms with Crippen molar-refractivity contribution in [2.75, 3.05) is 18.2 Å². The number of nitrogens with two attached hydrogens (primary N) is 1. The summed E-state index contributed by atoms with van der Waals surface area (Å²) in [5, 5.41) is 2.77. The van der Waals surface area contributed by atoms with Gasteiger partial charge in [0.15, 0.2) is 0 Å². The summed E-state index contributed by atoms with van der Waals surface area (Å²) >= 11 is 0. The Hall–Kier alpha value is -2.76. The lowest BCUT2D eigenvalue weighted by Gasteiger charge is -2.09. The molecule has 1 heterocycles.